The molecule has 160 valence electrons. The van der Waals surface area contributed by atoms with E-state index in [1.165, 1.54) is 11.1 Å². The minimum atomic E-state index is -0.0365. The van der Waals surface area contributed by atoms with E-state index in [1.807, 2.05) is 6.07 Å². The second-order valence-electron chi connectivity index (χ2n) is 7.71. The first-order chi connectivity index (χ1) is 14.6. The third-order valence-electron chi connectivity index (χ3n) is 5.67. The average Bonchev–Trinajstić information content (AvgIpc) is 3.23. The molecule has 1 fully saturated rings. The Labute approximate surface area is 177 Å². The van der Waals surface area contributed by atoms with Crippen molar-refractivity contribution in [2.24, 2.45) is 0 Å². The highest BCUT2D eigenvalue weighted by atomic mass is 16.5. The molecule has 0 saturated carbocycles. The molecule has 2 heterocycles. The highest BCUT2D eigenvalue weighted by Crippen LogP contribution is 2.29. The van der Waals surface area contributed by atoms with Crippen LogP contribution in [0.4, 0.5) is 5.69 Å². The van der Waals surface area contributed by atoms with Crippen LogP contribution in [0.1, 0.15) is 11.1 Å². The molecule has 0 spiro atoms. The van der Waals surface area contributed by atoms with Gasteiger partial charge in [0, 0.05) is 45.2 Å². The Bertz CT molecular complexity index is 894. The standard InChI is InChI=1S/C23H29N3O4/c1-28-19-4-5-20(22(14-19)29-2)24-23(27)16-26-10-8-25(9-11-26)15-17-3-6-21-18(13-17)7-12-30-21/h3-6,13-14H,7-12,15-16H2,1-2H3,(H,24,27). The van der Waals surface area contributed by atoms with Crippen LogP contribution >= 0.6 is 0 Å². The number of nitrogens with one attached hydrogen (secondary N) is 1. The fourth-order valence-corrected chi connectivity index (χ4v) is 4.00. The van der Waals surface area contributed by atoms with Gasteiger partial charge in [-0.1, -0.05) is 12.1 Å². The number of methoxy groups -OCH3 is 2. The number of fused-ring (bicyclic) bond motifs is 1. The molecule has 0 unspecified atom stereocenters. The van der Waals surface area contributed by atoms with E-state index in [4.69, 9.17) is 14.2 Å². The molecule has 7 nitrogen and oxygen atoms in total. The highest BCUT2D eigenvalue weighted by molar-refractivity contribution is 5.93. The number of carbonyl (C=O) groups excluding carboxylic acids is 1. The van der Waals surface area contributed by atoms with Crippen molar-refractivity contribution in [2.75, 3.05) is 58.9 Å². The average molecular weight is 412 g/mol. The molecular weight excluding hydrogens is 382 g/mol. The molecule has 2 aliphatic rings. The molecular formula is C23H29N3O4. The quantitative estimate of drug-likeness (QED) is 0.755. The molecule has 7 heteroatoms. The minimum Gasteiger partial charge on any atom is -0.497 e. The van der Waals surface area contributed by atoms with Crippen molar-refractivity contribution in [3.63, 3.8) is 0 Å². The molecule has 0 atom stereocenters. The number of amides is 1. The summed E-state index contributed by atoms with van der Waals surface area (Å²) in [5.41, 5.74) is 3.30. The summed E-state index contributed by atoms with van der Waals surface area (Å²) in [6.07, 6.45) is 1.01. The van der Waals surface area contributed by atoms with Gasteiger partial charge in [-0.15, -0.1) is 0 Å². The van der Waals surface area contributed by atoms with Gasteiger partial charge in [0.15, 0.2) is 0 Å². The molecule has 2 aromatic carbocycles. The number of nitrogens with zero attached hydrogens (tertiary/aromatic N) is 2. The molecule has 30 heavy (non-hydrogen) atoms. The second-order valence-corrected chi connectivity index (χ2v) is 7.71. The summed E-state index contributed by atoms with van der Waals surface area (Å²) < 4.78 is 16.1. The lowest BCUT2D eigenvalue weighted by atomic mass is 10.1. The Balaban J connectivity index is 1.25. The van der Waals surface area contributed by atoms with Crippen molar-refractivity contribution < 1.29 is 19.0 Å². The van der Waals surface area contributed by atoms with E-state index in [0.29, 0.717) is 23.7 Å². The minimum absolute atomic E-state index is 0.0365. The van der Waals surface area contributed by atoms with E-state index in [-0.39, 0.29) is 5.91 Å². The number of hydrogen-bond donors (Lipinski definition) is 1. The SMILES string of the molecule is COc1ccc(NC(=O)CN2CCN(Cc3ccc4c(c3)CCO4)CC2)c(OC)c1. The zero-order chi connectivity index (χ0) is 20.9. The Morgan fingerprint density at radius 1 is 1.03 bits per heavy atom. The van der Waals surface area contributed by atoms with Crippen LogP contribution in [0, 0.1) is 0 Å². The van der Waals surface area contributed by atoms with Crippen LogP contribution in [-0.2, 0) is 17.8 Å². The van der Waals surface area contributed by atoms with Gasteiger partial charge in [-0.3, -0.25) is 14.6 Å². The Morgan fingerprint density at radius 3 is 2.60 bits per heavy atom. The predicted molar refractivity (Wildman–Crippen MR) is 116 cm³/mol. The topological polar surface area (TPSA) is 63.3 Å². The van der Waals surface area contributed by atoms with Gasteiger partial charge >= 0.3 is 0 Å². The maximum atomic E-state index is 12.5. The molecule has 0 bridgehead atoms. The number of anilines is 1. The Kier molecular flexibility index (Phi) is 6.40. The van der Waals surface area contributed by atoms with Crippen molar-refractivity contribution in [2.45, 2.75) is 13.0 Å². The molecule has 0 radical (unpaired) electrons. The molecule has 0 aliphatic carbocycles. The second kappa shape index (κ2) is 9.36. The van der Waals surface area contributed by atoms with Crippen LogP contribution in [0.3, 0.4) is 0 Å². The maximum absolute atomic E-state index is 12.5. The first kappa shape index (κ1) is 20.5. The van der Waals surface area contributed by atoms with E-state index in [2.05, 4.69) is 33.3 Å². The number of carbonyl (C=O) groups is 1. The zero-order valence-electron chi connectivity index (χ0n) is 17.6. The van der Waals surface area contributed by atoms with E-state index < -0.39 is 0 Å². The normalized spacial score (nSPS) is 16.6. The fourth-order valence-electron chi connectivity index (χ4n) is 4.00. The van der Waals surface area contributed by atoms with E-state index in [9.17, 15) is 4.79 Å². The third kappa shape index (κ3) is 4.86. The van der Waals surface area contributed by atoms with E-state index in [1.54, 1.807) is 26.4 Å². The first-order valence-electron chi connectivity index (χ1n) is 10.4. The molecule has 1 saturated heterocycles. The van der Waals surface area contributed by atoms with Crippen molar-refractivity contribution >= 4 is 11.6 Å². The molecule has 2 aromatic rings. The first-order valence-corrected chi connectivity index (χ1v) is 10.4. The van der Waals surface area contributed by atoms with Crippen LogP contribution in [0.15, 0.2) is 36.4 Å². The summed E-state index contributed by atoms with van der Waals surface area (Å²) in [7, 11) is 3.18. The van der Waals surface area contributed by atoms with Gasteiger partial charge in [-0.2, -0.15) is 0 Å². The van der Waals surface area contributed by atoms with E-state index >= 15 is 0 Å². The fraction of sp³-hybridized carbons (Fsp3) is 0.435. The summed E-state index contributed by atoms with van der Waals surface area (Å²) in [5.74, 6) is 2.28. The van der Waals surface area contributed by atoms with Gasteiger partial charge in [0.25, 0.3) is 0 Å². The predicted octanol–water partition coefficient (Wildman–Crippen LogP) is 2.39. The van der Waals surface area contributed by atoms with Crippen LogP contribution < -0.4 is 19.5 Å². The van der Waals surface area contributed by atoms with Crippen molar-refractivity contribution in [3.05, 3.63) is 47.5 Å². The Hall–Kier alpha value is -2.77. The van der Waals surface area contributed by atoms with Gasteiger partial charge in [0.1, 0.15) is 17.2 Å². The van der Waals surface area contributed by atoms with Crippen molar-refractivity contribution in [1.82, 2.24) is 9.80 Å². The number of rotatable bonds is 7. The van der Waals surface area contributed by atoms with Gasteiger partial charge in [-0.05, 0) is 29.3 Å². The number of benzene rings is 2. The van der Waals surface area contributed by atoms with Crippen molar-refractivity contribution in [3.8, 4) is 17.2 Å². The van der Waals surface area contributed by atoms with Gasteiger partial charge in [0.05, 0.1) is 33.1 Å². The largest absolute Gasteiger partial charge is 0.497 e. The maximum Gasteiger partial charge on any atom is 0.238 e. The summed E-state index contributed by atoms with van der Waals surface area (Å²) in [6.45, 7) is 5.76. The zero-order valence-corrected chi connectivity index (χ0v) is 17.6. The van der Waals surface area contributed by atoms with Gasteiger partial charge in [-0.25, -0.2) is 0 Å². The molecule has 1 amide bonds. The number of piperazine rings is 1. The lowest BCUT2D eigenvalue weighted by Gasteiger charge is -2.34. The molecule has 2 aliphatic heterocycles. The molecule has 4 rings (SSSR count). The summed E-state index contributed by atoms with van der Waals surface area (Å²) in [4.78, 5) is 17.2. The summed E-state index contributed by atoms with van der Waals surface area (Å²) in [5, 5.41) is 2.95. The van der Waals surface area contributed by atoms with Crippen LogP contribution in [0.2, 0.25) is 0 Å². The summed E-state index contributed by atoms with van der Waals surface area (Å²) >= 11 is 0. The van der Waals surface area contributed by atoms with Crippen LogP contribution in [-0.4, -0.2) is 69.3 Å². The number of hydrogen-bond acceptors (Lipinski definition) is 6. The number of ether oxygens (including phenoxy) is 3. The van der Waals surface area contributed by atoms with Gasteiger partial charge < -0.3 is 19.5 Å². The third-order valence-corrected chi connectivity index (χ3v) is 5.67. The smallest absolute Gasteiger partial charge is 0.238 e. The monoisotopic (exact) mass is 411 g/mol. The lowest BCUT2D eigenvalue weighted by molar-refractivity contribution is -0.117. The van der Waals surface area contributed by atoms with E-state index in [0.717, 1.165) is 51.5 Å². The van der Waals surface area contributed by atoms with Crippen LogP contribution in [0.5, 0.6) is 17.2 Å². The Morgan fingerprint density at radius 2 is 1.83 bits per heavy atom. The van der Waals surface area contributed by atoms with Crippen LogP contribution in [0.25, 0.3) is 0 Å². The van der Waals surface area contributed by atoms with Gasteiger partial charge in [0.2, 0.25) is 5.91 Å². The molecule has 1 N–H and O–H groups in total. The highest BCUT2D eigenvalue weighted by Gasteiger charge is 2.20. The summed E-state index contributed by atoms with van der Waals surface area (Å²) in [6, 6.07) is 11.9. The van der Waals surface area contributed by atoms with Crippen molar-refractivity contribution in [1.29, 1.82) is 0 Å². The molecule has 0 aromatic heterocycles. The lowest BCUT2D eigenvalue weighted by Crippen LogP contribution is -2.48.